The van der Waals surface area contributed by atoms with Gasteiger partial charge in [-0.25, -0.2) is 0 Å². The molecule has 0 aliphatic heterocycles. The zero-order chi connectivity index (χ0) is 10.0. The topological polar surface area (TPSA) is 33.1 Å². The highest BCUT2D eigenvalue weighted by Gasteiger charge is 2.29. The van der Waals surface area contributed by atoms with Crippen molar-refractivity contribution >= 4 is 0 Å². The average molecular weight is 191 g/mol. The maximum absolute atomic E-state index is 10.2. The zero-order valence-electron chi connectivity index (χ0n) is 8.61. The Labute approximate surface area is 85.0 Å². The van der Waals surface area contributed by atoms with Gasteiger partial charge in [-0.1, -0.05) is 18.9 Å². The van der Waals surface area contributed by atoms with Crippen LogP contribution in [0.4, 0.5) is 0 Å². The highest BCUT2D eigenvalue weighted by molar-refractivity contribution is 5.11. The number of nitrogens with zero attached hydrogens (tertiary/aromatic N) is 1. The second-order valence-corrected chi connectivity index (χ2v) is 4.47. The van der Waals surface area contributed by atoms with Crippen molar-refractivity contribution < 1.29 is 5.11 Å². The van der Waals surface area contributed by atoms with E-state index in [-0.39, 0.29) is 0 Å². The molecule has 2 rings (SSSR count). The first-order valence-electron chi connectivity index (χ1n) is 5.32. The summed E-state index contributed by atoms with van der Waals surface area (Å²) in [6, 6.07) is 5.70. The van der Waals surface area contributed by atoms with Gasteiger partial charge in [0, 0.05) is 6.20 Å². The van der Waals surface area contributed by atoms with Crippen molar-refractivity contribution in [2.45, 2.75) is 38.2 Å². The summed E-state index contributed by atoms with van der Waals surface area (Å²) in [7, 11) is 0. The maximum Gasteiger partial charge on any atom is 0.104 e. The third kappa shape index (κ3) is 2.32. The molecule has 0 aromatic carbocycles. The van der Waals surface area contributed by atoms with E-state index in [1.165, 1.54) is 12.8 Å². The molecular formula is C12H17NO. The molecule has 0 amide bonds. The van der Waals surface area contributed by atoms with E-state index >= 15 is 0 Å². The van der Waals surface area contributed by atoms with Crippen LogP contribution in [0.1, 0.15) is 38.3 Å². The van der Waals surface area contributed by atoms with Crippen molar-refractivity contribution in [1.29, 1.82) is 0 Å². The van der Waals surface area contributed by atoms with E-state index in [0.717, 1.165) is 24.5 Å². The molecule has 0 saturated heterocycles. The van der Waals surface area contributed by atoms with Crippen LogP contribution in [0.25, 0.3) is 0 Å². The smallest absolute Gasteiger partial charge is 0.104 e. The van der Waals surface area contributed by atoms with E-state index in [1.807, 2.05) is 25.1 Å². The summed E-state index contributed by atoms with van der Waals surface area (Å²) < 4.78 is 0. The minimum Gasteiger partial charge on any atom is -0.384 e. The summed E-state index contributed by atoms with van der Waals surface area (Å²) in [6.45, 7) is 1.86. The van der Waals surface area contributed by atoms with E-state index in [1.54, 1.807) is 6.20 Å². The van der Waals surface area contributed by atoms with Crippen molar-refractivity contribution in [3.05, 3.63) is 30.1 Å². The van der Waals surface area contributed by atoms with Crippen LogP contribution in [0.15, 0.2) is 24.4 Å². The van der Waals surface area contributed by atoms with Crippen molar-refractivity contribution in [3.63, 3.8) is 0 Å². The molecule has 2 heteroatoms. The molecule has 1 atom stereocenters. The van der Waals surface area contributed by atoms with Crippen LogP contribution in [0.2, 0.25) is 0 Å². The minimum absolute atomic E-state index is 0.746. The molecule has 1 fully saturated rings. The van der Waals surface area contributed by atoms with Gasteiger partial charge in [-0.15, -0.1) is 0 Å². The predicted octanol–water partition coefficient (Wildman–Crippen LogP) is 2.48. The molecule has 2 nitrogen and oxygen atoms in total. The Kier molecular flexibility index (Phi) is 2.55. The third-order valence-electron chi connectivity index (χ3n) is 2.95. The maximum atomic E-state index is 10.2. The summed E-state index contributed by atoms with van der Waals surface area (Å²) in [5.41, 5.74) is 0.0461. The number of aromatic nitrogens is 1. The second-order valence-electron chi connectivity index (χ2n) is 4.47. The molecule has 1 saturated carbocycles. The molecule has 1 unspecified atom stereocenters. The van der Waals surface area contributed by atoms with Crippen LogP contribution >= 0.6 is 0 Å². The largest absolute Gasteiger partial charge is 0.384 e. The van der Waals surface area contributed by atoms with E-state index in [9.17, 15) is 5.11 Å². The van der Waals surface area contributed by atoms with Crippen molar-refractivity contribution in [1.82, 2.24) is 4.98 Å². The van der Waals surface area contributed by atoms with Crippen LogP contribution in [-0.2, 0) is 5.60 Å². The zero-order valence-corrected chi connectivity index (χ0v) is 8.61. The minimum atomic E-state index is -0.746. The van der Waals surface area contributed by atoms with Crippen molar-refractivity contribution in [2.75, 3.05) is 0 Å². The van der Waals surface area contributed by atoms with Gasteiger partial charge in [0.1, 0.15) is 5.60 Å². The van der Waals surface area contributed by atoms with E-state index in [0.29, 0.717) is 0 Å². The molecule has 1 aliphatic carbocycles. The molecule has 1 aliphatic rings. The highest BCUT2D eigenvalue weighted by Crippen LogP contribution is 2.37. The van der Waals surface area contributed by atoms with Gasteiger partial charge in [0.25, 0.3) is 0 Å². The monoisotopic (exact) mass is 191 g/mol. The van der Waals surface area contributed by atoms with Gasteiger partial charge in [-0.05, 0) is 37.8 Å². The van der Waals surface area contributed by atoms with Crippen molar-refractivity contribution in [3.8, 4) is 0 Å². The number of rotatable bonds is 4. The lowest BCUT2D eigenvalue weighted by Gasteiger charge is -2.22. The SMILES string of the molecule is CC(O)(CCC1CC1)c1ccccn1. The van der Waals surface area contributed by atoms with Gasteiger partial charge < -0.3 is 5.11 Å². The molecule has 0 bridgehead atoms. The van der Waals surface area contributed by atoms with E-state index in [4.69, 9.17) is 0 Å². The normalized spacial score (nSPS) is 20.4. The lowest BCUT2D eigenvalue weighted by molar-refractivity contribution is 0.0395. The lowest BCUT2D eigenvalue weighted by atomic mass is 9.94. The summed E-state index contributed by atoms with van der Waals surface area (Å²) in [4.78, 5) is 4.20. The number of hydrogen-bond donors (Lipinski definition) is 1. The van der Waals surface area contributed by atoms with Gasteiger partial charge in [-0.2, -0.15) is 0 Å². The molecule has 1 aromatic rings. The van der Waals surface area contributed by atoms with Gasteiger partial charge in [0.05, 0.1) is 5.69 Å². The summed E-state index contributed by atoms with van der Waals surface area (Å²) in [6.07, 6.45) is 6.38. The first-order chi connectivity index (χ1) is 6.68. The van der Waals surface area contributed by atoms with Gasteiger partial charge >= 0.3 is 0 Å². The van der Waals surface area contributed by atoms with Gasteiger partial charge in [-0.3, -0.25) is 4.98 Å². The molecule has 14 heavy (non-hydrogen) atoms. The lowest BCUT2D eigenvalue weighted by Crippen LogP contribution is -2.22. The Balaban J connectivity index is 1.99. The first-order valence-corrected chi connectivity index (χ1v) is 5.32. The summed E-state index contributed by atoms with van der Waals surface area (Å²) in [5.74, 6) is 0.866. The van der Waals surface area contributed by atoms with Crippen LogP contribution in [0.3, 0.4) is 0 Å². The summed E-state index contributed by atoms with van der Waals surface area (Å²) in [5, 5.41) is 10.2. The Hall–Kier alpha value is -0.890. The van der Waals surface area contributed by atoms with Crippen molar-refractivity contribution in [2.24, 2.45) is 5.92 Å². The van der Waals surface area contributed by atoms with Crippen LogP contribution in [-0.4, -0.2) is 10.1 Å². The molecule has 0 radical (unpaired) electrons. The second kappa shape index (κ2) is 3.70. The number of hydrogen-bond acceptors (Lipinski definition) is 2. The molecule has 1 heterocycles. The van der Waals surface area contributed by atoms with Crippen LogP contribution < -0.4 is 0 Å². The number of pyridine rings is 1. The fraction of sp³-hybridized carbons (Fsp3) is 0.583. The van der Waals surface area contributed by atoms with E-state index in [2.05, 4.69) is 4.98 Å². The quantitative estimate of drug-likeness (QED) is 0.793. The molecular weight excluding hydrogens is 174 g/mol. The molecule has 1 N–H and O–H groups in total. The Morgan fingerprint density at radius 1 is 1.50 bits per heavy atom. The molecule has 76 valence electrons. The fourth-order valence-corrected chi connectivity index (χ4v) is 1.70. The van der Waals surface area contributed by atoms with E-state index < -0.39 is 5.60 Å². The Morgan fingerprint density at radius 2 is 2.29 bits per heavy atom. The van der Waals surface area contributed by atoms with Crippen LogP contribution in [0.5, 0.6) is 0 Å². The number of aliphatic hydroxyl groups is 1. The third-order valence-corrected chi connectivity index (χ3v) is 2.95. The first kappa shape index (κ1) is 9.66. The van der Waals surface area contributed by atoms with Gasteiger partial charge in [0.15, 0.2) is 0 Å². The highest BCUT2D eigenvalue weighted by atomic mass is 16.3. The fourth-order valence-electron chi connectivity index (χ4n) is 1.70. The predicted molar refractivity (Wildman–Crippen MR) is 55.8 cm³/mol. The average Bonchev–Trinajstić information content (AvgIpc) is 3.00. The standard InChI is InChI=1S/C12H17NO/c1-12(14,8-7-10-5-6-10)11-4-2-3-9-13-11/h2-4,9-10,14H,5-8H2,1H3. The van der Waals surface area contributed by atoms with Crippen LogP contribution in [0, 0.1) is 5.92 Å². The summed E-state index contributed by atoms with van der Waals surface area (Å²) >= 11 is 0. The Morgan fingerprint density at radius 3 is 2.86 bits per heavy atom. The molecule has 1 aromatic heterocycles. The molecule has 0 spiro atoms. The van der Waals surface area contributed by atoms with Gasteiger partial charge in [0.2, 0.25) is 0 Å². The Bertz CT molecular complexity index is 290.